The Hall–Kier alpha value is -0.920. The van der Waals surface area contributed by atoms with Gasteiger partial charge in [-0.05, 0) is 18.9 Å². The minimum Gasteiger partial charge on any atom is -0.395 e. The van der Waals surface area contributed by atoms with Gasteiger partial charge in [-0.25, -0.2) is 8.42 Å². The molecule has 104 valence electrons. The van der Waals surface area contributed by atoms with Gasteiger partial charge in [0.25, 0.3) is 10.0 Å². The molecule has 0 unspecified atom stereocenters. The van der Waals surface area contributed by atoms with Gasteiger partial charge in [0, 0.05) is 19.6 Å². The molecular formula is C11H21N3O3S. The minimum absolute atomic E-state index is 0.1000. The van der Waals surface area contributed by atoms with Crippen LogP contribution in [0.5, 0.6) is 0 Å². The molecule has 0 radical (unpaired) electrons. The van der Waals surface area contributed by atoms with Crippen molar-refractivity contribution < 1.29 is 13.5 Å². The van der Waals surface area contributed by atoms with Gasteiger partial charge in [-0.3, -0.25) is 4.68 Å². The standard InChI is InChI=1S/C11H21N3O3S/c1-4-10(5-2)14(8-9-15)18(16,17)11-6-7-12-13(11)3/h6-7,10,15H,4-5,8-9H2,1-3H3. The Morgan fingerprint density at radius 3 is 2.44 bits per heavy atom. The molecule has 1 aromatic heterocycles. The number of sulfonamides is 1. The van der Waals surface area contributed by atoms with E-state index in [9.17, 15) is 8.42 Å². The number of aliphatic hydroxyl groups is 1. The average Bonchev–Trinajstić information content (AvgIpc) is 2.76. The second kappa shape index (κ2) is 6.31. The Morgan fingerprint density at radius 1 is 1.44 bits per heavy atom. The maximum atomic E-state index is 12.5. The van der Waals surface area contributed by atoms with Crippen LogP contribution >= 0.6 is 0 Å². The van der Waals surface area contributed by atoms with Crippen LogP contribution in [0.15, 0.2) is 17.3 Å². The second-order valence-electron chi connectivity index (χ2n) is 4.10. The molecule has 0 saturated heterocycles. The zero-order valence-electron chi connectivity index (χ0n) is 11.1. The highest BCUT2D eigenvalue weighted by atomic mass is 32.2. The summed E-state index contributed by atoms with van der Waals surface area (Å²) in [5.74, 6) is 0. The number of rotatable bonds is 7. The molecular weight excluding hydrogens is 254 g/mol. The van der Waals surface area contributed by atoms with Crippen LogP contribution in [0.4, 0.5) is 0 Å². The van der Waals surface area contributed by atoms with E-state index < -0.39 is 10.0 Å². The lowest BCUT2D eigenvalue weighted by molar-refractivity contribution is 0.219. The van der Waals surface area contributed by atoms with E-state index >= 15 is 0 Å². The van der Waals surface area contributed by atoms with Gasteiger partial charge >= 0.3 is 0 Å². The maximum absolute atomic E-state index is 12.5. The van der Waals surface area contributed by atoms with Gasteiger partial charge in [0.2, 0.25) is 0 Å². The lowest BCUT2D eigenvalue weighted by atomic mass is 10.2. The van der Waals surface area contributed by atoms with Crippen LogP contribution in [0.1, 0.15) is 26.7 Å². The van der Waals surface area contributed by atoms with Crippen molar-refractivity contribution in [2.75, 3.05) is 13.2 Å². The highest BCUT2D eigenvalue weighted by molar-refractivity contribution is 7.89. The van der Waals surface area contributed by atoms with Crippen LogP contribution in [0.3, 0.4) is 0 Å². The quantitative estimate of drug-likeness (QED) is 0.790. The zero-order valence-corrected chi connectivity index (χ0v) is 11.9. The van der Waals surface area contributed by atoms with Gasteiger partial charge in [-0.2, -0.15) is 9.40 Å². The Bertz CT molecular complexity index is 466. The van der Waals surface area contributed by atoms with Crippen molar-refractivity contribution in [3.8, 4) is 0 Å². The van der Waals surface area contributed by atoms with Crippen molar-refractivity contribution in [1.82, 2.24) is 14.1 Å². The number of aliphatic hydroxyl groups excluding tert-OH is 1. The molecule has 1 aromatic rings. The Balaban J connectivity index is 3.16. The van der Waals surface area contributed by atoms with Gasteiger partial charge in [0.05, 0.1) is 12.8 Å². The lowest BCUT2D eigenvalue weighted by Crippen LogP contribution is -2.42. The number of nitrogens with zero attached hydrogens (tertiary/aromatic N) is 3. The molecule has 1 heterocycles. The van der Waals surface area contributed by atoms with E-state index in [2.05, 4.69) is 5.10 Å². The third kappa shape index (κ3) is 2.90. The van der Waals surface area contributed by atoms with E-state index in [1.54, 1.807) is 7.05 Å². The predicted molar refractivity (Wildman–Crippen MR) is 68.6 cm³/mol. The Labute approximate surface area is 108 Å². The molecule has 0 fully saturated rings. The molecule has 0 spiro atoms. The Morgan fingerprint density at radius 2 is 2.06 bits per heavy atom. The molecule has 18 heavy (non-hydrogen) atoms. The number of aryl methyl sites for hydroxylation is 1. The summed E-state index contributed by atoms with van der Waals surface area (Å²) in [5, 5.41) is 13.1. The van der Waals surface area contributed by atoms with Gasteiger partial charge in [-0.1, -0.05) is 13.8 Å². The first-order chi connectivity index (χ1) is 8.48. The summed E-state index contributed by atoms with van der Waals surface area (Å²) in [5.41, 5.74) is 0. The van der Waals surface area contributed by atoms with Crippen molar-refractivity contribution in [3.05, 3.63) is 12.3 Å². The first kappa shape index (κ1) is 15.1. The molecule has 1 rings (SSSR count). The summed E-state index contributed by atoms with van der Waals surface area (Å²) < 4.78 is 27.7. The Kier molecular flexibility index (Phi) is 5.30. The SMILES string of the molecule is CCC(CC)N(CCO)S(=O)(=O)c1ccnn1C. The molecule has 0 aliphatic rings. The largest absolute Gasteiger partial charge is 0.395 e. The summed E-state index contributed by atoms with van der Waals surface area (Å²) in [4.78, 5) is 0. The summed E-state index contributed by atoms with van der Waals surface area (Å²) >= 11 is 0. The molecule has 0 saturated carbocycles. The molecule has 0 atom stereocenters. The fourth-order valence-corrected chi connectivity index (χ4v) is 3.90. The van der Waals surface area contributed by atoms with Crippen LogP contribution < -0.4 is 0 Å². The van der Waals surface area contributed by atoms with Crippen LogP contribution in [0.2, 0.25) is 0 Å². The van der Waals surface area contributed by atoms with Crippen molar-refractivity contribution in [1.29, 1.82) is 0 Å². The number of aromatic nitrogens is 2. The third-order valence-corrected chi connectivity index (χ3v) is 5.05. The normalized spacial score (nSPS) is 12.6. The summed E-state index contributed by atoms with van der Waals surface area (Å²) in [6, 6.07) is 1.37. The smallest absolute Gasteiger partial charge is 0.260 e. The first-order valence-electron chi connectivity index (χ1n) is 6.09. The van der Waals surface area contributed by atoms with Crippen molar-refractivity contribution in [2.45, 2.75) is 37.8 Å². The van der Waals surface area contributed by atoms with Gasteiger partial charge < -0.3 is 5.11 Å². The van der Waals surface area contributed by atoms with Gasteiger partial charge in [0.1, 0.15) is 0 Å². The molecule has 0 aromatic carbocycles. The molecule has 6 nitrogen and oxygen atoms in total. The highest BCUT2D eigenvalue weighted by Gasteiger charge is 2.31. The van der Waals surface area contributed by atoms with Crippen molar-refractivity contribution in [3.63, 3.8) is 0 Å². The first-order valence-corrected chi connectivity index (χ1v) is 7.53. The van der Waals surface area contributed by atoms with E-state index in [4.69, 9.17) is 5.11 Å². The van der Waals surface area contributed by atoms with E-state index in [1.165, 1.54) is 21.3 Å². The topological polar surface area (TPSA) is 75.4 Å². The maximum Gasteiger partial charge on any atom is 0.260 e. The fourth-order valence-electron chi connectivity index (χ4n) is 2.03. The molecule has 1 N–H and O–H groups in total. The van der Waals surface area contributed by atoms with E-state index in [0.29, 0.717) is 12.8 Å². The minimum atomic E-state index is -3.60. The lowest BCUT2D eigenvalue weighted by Gasteiger charge is -2.28. The van der Waals surface area contributed by atoms with E-state index in [-0.39, 0.29) is 24.2 Å². The summed E-state index contributed by atoms with van der Waals surface area (Å²) in [7, 11) is -2.01. The molecule has 0 amide bonds. The van der Waals surface area contributed by atoms with Crippen molar-refractivity contribution in [2.24, 2.45) is 7.05 Å². The van der Waals surface area contributed by atoms with Crippen molar-refractivity contribution >= 4 is 10.0 Å². The summed E-state index contributed by atoms with van der Waals surface area (Å²) in [6.07, 6.45) is 2.89. The van der Waals surface area contributed by atoms with Crippen LogP contribution in [0, 0.1) is 0 Å². The second-order valence-corrected chi connectivity index (χ2v) is 5.94. The molecule has 7 heteroatoms. The average molecular weight is 275 g/mol. The fraction of sp³-hybridized carbons (Fsp3) is 0.727. The van der Waals surface area contributed by atoms with Crippen LogP contribution in [-0.4, -0.2) is 46.8 Å². The zero-order chi connectivity index (χ0) is 13.8. The summed E-state index contributed by atoms with van der Waals surface area (Å²) in [6.45, 7) is 3.81. The van der Waals surface area contributed by atoms with Crippen LogP contribution in [0.25, 0.3) is 0 Å². The van der Waals surface area contributed by atoms with Gasteiger partial charge in [-0.15, -0.1) is 0 Å². The monoisotopic (exact) mass is 275 g/mol. The number of hydrogen-bond acceptors (Lipinski definition) is 4. The van der Waals surface area contributed by atoms with E-state index in [0.717, 1.165) is 0 Å². The van der Waals surface area contributed by atoms with E-state index in [1.807, 2.05) is 13.8 Å². The highest BCUT2D eigenvalue weighted by Crippen LogP contribution is 2.20. The molecule has 0 bridgehead atoms. The third-order valence-electron chi connectivity index (χ3n) is 3.02. The van der Waals surface area contributed by atoms with Crippen LogP contribution in [-0.2, 0) is 17.1 Å². The number of hydrogen-bond donors (Lipinski definition) is 1. The predicted octanol–water partition coefficient (Wildman–Crippen LogP) is 0.592. The molecule has 0 aliphatic carbocycles. The molecule has 0 aliphatic heterocycles. The van der Waals surface area contributed by atoms with Gasteiger partial charge in [0.15, 0.2) is 5.03 Å².